The van der Waals surface area contributed by atoms with Crippen LogP contribution in [-0.4, -0.2) is 33.8 Å². The van der Waals surface area contributed by atoms with E-state index in [0.29, 0.717) is 19.5 Å². The van der Waals surface area contributed by atoms with Crippen molar-refractivity contribution in [3.8, 4) is 0 Å². The first-order chi connectivity index (χ1) is 10.00. The van der Waals surface area contributed by atoms with Crippen molar-refractivity contribution in [3.63, 3.8) is 0 Å². The second kappa shape index (κ2) is 5.40. The number of carbonyl (C=O) groups is 2. The molecule has 2 heterocycles. The molecular weight excluding hydrogens is 286 g/mol. The molecule has 1 aliphatic carbocycles. The second-order valence-electron chi connectivity index (χ2n) is 6.06. The Morgan fingerprint density at radius 1 is 1.29 bits per heavy atom. The molecule has 1 N–H and O–H groups in total. The lowest BCUT2D eigenvalue weighted by atomic mass is 9.96. The molecule has 5 nitrogen and oxygen atoms in total. The van der Waals surface area contributed by atoms with Gasteiger partial charge in [-0.3, -0.25) is 9.59 Å². The van der Waals surface area contributed by atoms with Gasteiger partial charge in [0.05, 0.1) is 12.2 Å². The Morgan fingerprint density at radius 3 is 2.62 bits per heavy atom. The van der Waals surface area contributed by atoms with Gasteiger partial charge in [-0.2, -0.15) is 0 Å². The number of nitrogens with zero attached hydrogens (tertiary/aromatic N) is 2. The average Bonchev–Trinajstić information content (AvgIpc) is 2.99. The lowest BCUT2D eigenvalue weighted by molar-refractivity contribution is -0.139. The van der Waals surface area contributed by atoms with E-state index in [1.807, 2.05) is 18.7 Å². The van der Waals surface area contributed by atoms with Gasteiger partial charge in [0.1, 0.15) is 10.5 Å². The quantitative estimate of drug-likeness (QED) is 0.908. The van der Waals surface area contributed by atoms with Crippen LogP contribution in [0.15, 0.2) is 0 Å². The topological polar surface area (TPSA) is 62.3 Å². The van der Waals surface area contributed by atoms with Crippen molar-refractivity contribution >= 4 is 23.2 Å². The van der Waals surface area contributed by atoms with Crippen molar-refractivity contribution in [2.75, 3.05) is 6.54 Å². The van der Waals surface area contributed by atoms with E-state index in [-0.39, 0.29) is 11.8 Å². The van der Waals surface area contributed by atoms with E-state index >= 15 is 0 Å². The van der Waals surface area contributed by atoms with Crippen LogP contribution in [0.5, 0.6) is 0 Å². The minimum Gasteiger partial charge on any atom is -0.342 e. The van der Waals surface area contributed by atoms with Gasteiger partial charge in [-0.25, -0.2) is 4.98 Å². The second-order valence-corrected chi connectivity index (χ2v) is 7.35. The van der Waals surface area contributed by atoms with Crippen molar-refractivity contribution in [3.05, 3.63) is 15.6 Å². The van der Waals surface area contributed by atoms with Crippen LogP contribution in [0, 0.1) is 13.8 Å². The minimum atomic E-state index is -0.644. The van der Waals surface area contributed by atoms with Crippen LogP contribution in [0.25, 0.3) is 0 Å². The number of nitrogens with one attached hydrogen (secondary N) is 1. The average molecular weight is 307 g/mol. The van der Waals surface area contributed by atoms with Crippen LogP contribution in [-0.2, 0) is 16.1 Å². The molecule has 0 radical (unpaired) electrons. The number of rotatable bonds is 2. The summed E-state index contributed by atoms with van der Waals surface area (Å²) in [5, 5.41) is 3.95. The third kappa shape index (κ3) is 2.69. The summed E-state index contributed by atoms with van der Waals surface area (Å²) in [7, 11) is 0. The Hall–Kier alpha value is -1.43. The largest absolute Gasteiger partial charge is 0.342 e. The van der Waals surface area contributed by atoms with Gasteiger partial charge in [-0.1, -0.05) is 12.8 Å². The molecule has 1 saturated carbocycles. The van der Waals surface area contributed by atoms with Crippen LogP contribution >= 0.6 is 11.3 Å². The zero-order chi connectivity index (χ0) is 15.0. The molecular formula is C15H21N3O2S. The lowest BCUT2D eigenvalue weighted by Gasteiger charge is -2.31. The summed E-state index contributed by atoms with van der Waals surface area (Å²) in [6, 6.07) is 0. The van der Waals surface area contributed by atoms with E-state index in [1.165, 1.54) is 4.88 Å². The van der Waals surface area contributed by atoms with Gasteiger partial charge < -0.3 is 10.2 Å². The van der Waals surface area contributed by atoms with E-state index in [4.69, 9.17) is 0 Å². The van der Waals surface area contributed by atoms with Crippen molar-refractivity contribution in [1.82, 2.24) is 15.2 Å². The highest BCUT2D eigenvalue weighted by molar-refractivity contribution is 7.11. The normalized spacial score (nSPS) is 21.7. The predicted octanol–water partition coefficient (Wildman–Crippen LogP) is 1.92. The molecule has 1 saturated heterocycles. The van der Waals surface area contributed by atoms with Crippen LogP contribution in [0.3, 0.4) is 0 Å². The molecule has 3 rings (SSSR count). The zero-order valence-electron chi connectivity index (χ0n) is 12.6. The third-order valence-corrected chi connectivity index (χ3v) is 5.60. The highest BCUT2D eigenvalue weighted by Crippen LogP contribution is 2.33. The molecule has 0 bridgehead atoms. The van der Waals surface area contributed by atoms with Gasteiger partial charge in [0.2, 0.25) is 11.8 Å². The van der Waals surface area contributed by atoms with Gasteiger partial charge >= 0.3 is 0 Å². The van der Waals surface area contributed by atoms with Gasteiger partial charge in [0.25, 0.3) is 0 Å². The van der Waals surface area contributed by atoms with Crippen LogP contribution in [0.4, 0.5) is 0 Å². The Balaban J connectivity index is 1.83. The molecule has 2 fully saturated rings. The summed E-state index contributed by atoms with van der Waals surface area (Å²) < 4.78 is 0. The number of hydrogen-bond donors (Lipinski definition) is 1. The number of carbonyl (C=O) groups excluding carboxylic acids is 2. The molecule has 2 amide bonds. The molecule has 1 aliphatic heterocycles. The van der Waals surface area contributed by atoms with Crippen molar-refractivity contribution in [1.29, 1.82) is 0 Å². The molecule has 2 aliphatic rings. The molecule has 0 unspecified atom stereocenters. The summed E-state index contributed by atoms with van der Waals surface area (Å²) in [4.78, 5) is 32.4. The maximum absolute atomic E-state index is 12.9. The number of hydrogen-bond acceptors (Lipinski definition) is 4. The highest BCUT2D eigenvalue weighted by Gasteiger charge is 2.46. The Kier molecular flexibility index (Phi) is 3.73. The number of aromatic nitrogens is 1. The molecule has 1 aromatic heterocycles. The summed E-state index contributed by atoms with van der Waals surface area (Å²) in [5.74, 6) is 0.0793. The van der Waals surface area contributed by atoms with E-state index in [2.05, 4.69) is 10.3 Å². The molecule has 0 atom stereocenters. The maximum Gasteiger partial charge on any atom is 0.248 e. The molecule has 1 spiro atoms. The Morgan fingerprint density at radius 2 is 2.00 bits per heavy atom. The summed E-state index contributed by atoms with van der Waals surface area (Å²) in [6.07, 6.45) is 3.94. The van der Waals surface area contributed by atoms with Crippen molar-refractivity contribution in [2.24, 2.45) is 0 Å². The Bertz CT molecular complexity index is 556. The Labute approximate surface area is 128 Å². The fourth-order valence-electron chi connectivity index (χ4n) is 3.26. The molecule has 1 aromatic rings. The van der Waals surface area contributed by atoms with E-state index in [9.17, 15) is 9.59 Å². The summed E-state index contributed by atoms with van der Waals surface area (Å²) >= 11 is 1.64. The van der Waals surface area contributed by atoms with Gasteiger partial charge in [-0.05, 0) is 26.7 Å². The predicted molar refractivity (Wildman–Crippen MR) is 81.0 cm³/mol. The van der Waals surface area contributed by atoms with Crippen LogP contribution in [0.2, 0.25) is 0 Å². The van der Waals surface area contributed by atoms with E-state index in [0.717, 1.165) is 36.4 Å². The fraction of sp³-hybridized carbons (Fsp3) is 0.667. The van der Waals surface area contributed by atoms with Crippen LogP contribution < -0.4 is 5.32 Å². The smallest absolute Gasteiger partial charge is 0.248 e. The van der Waals surface area contributed by atoms with Gasteiger partial charge in [0.15, 0.2) is 0 Å². The van der Waals surface area contributed by atoms with Crippen molar-refractivity contribution in [2.45, 2.75) is 58.0 Å². The highest BCUT2D eigenvalue weighted by atomic mass is 32.1. The lowest BCUT2D eigenvalue weighted by Crippen LogP contribution is -2.55. The van der Waals surface area contributed by atoms with Gasteiger partial charge in [0, 0.05) is 17.8 Å². The molecule has 0 aromatic carbocycles. The third-order valence-electron chi connectivity index (χ3n) is 4.54. The maximum atomic E-state index is 12.9. The molecule has 21 heavy (non-hydrogen) atoms. The first-order valence-electron chi connectivity index (χ1n) is 7.53. The van der Waals surface area contributed by atoms with E-state index < -0.39 is 5.54 Å². The first kappa shape index (κ1) is 14.5. The minimum absolute atomic E-state index is 0.000695. The summed E-state index contributed by atoms with van der Waals surface area (Å²) in [6.45, 7) is 5.05. The van der Waals surface area contributed by atoms with Crippen LogP contribution in [0.1, 0.15) is 47.7 Å². The molecule has 114 valence electrons. The zero-order valence-corrected chi connectivity index (χ0v) is 13.4. The molecule has 6 heteroatoms. The number of amides is 2. The monoisotopic (exact) mass is 307 g/mol. The van der Waals surface area contributed by atoms with E-state index in [1.54, 1.807) is 11.3 Å². The SMILES string of the molecule is Cc1nc(CN2CCC(=O)NC3(CCCC3)C2=O)sc1C. The standard InChI is InChI=1S/C15H21N3O2S/c1-10-11(2)21-13(16-10)9-18-8-5-12(19)17-15(14(18)20)6-3-4-7-15/h3-9H2,1-2H3,(H,17,19). The number of aryl methyl sites for hydroxylation is 2. The van der Waals surface area contributed by atoms with Gasteiger partial charge in [-0.15, -0.1) is 11.3 Å². The van der Waals surface area contributed by atoms with Crippen molar-refractivity contribution < 1.29 is 9.59 Å². The summed E-state index contributed by atoms with van der Waals surface area (Å²) in [5.41, 5.74) is 0.386. The number of thiazole rings is 1. The fourth-order valence-corrected chi connectivity index (χ4v) is 4.21. The first-order valence-corrected chi connectivity index (χ1v) is 8.35.